The first kappa shape index (κ1) is 30.7. The van der Waals surface area contributed by atoms with E-state index in [4.69, 9.17) is 4.98 Å². The van der Waals surface area contributed by atoms with Gasteiger partial charge in [0.15, 0.2) is 0 Å². The van der Waals surface area contributed by atoms with Crippen molar-refractivity contribution in [2.24, 2.45) is 0 Å². The fraction of sp³-hybridized carbons (Fsp3) is 0. The van der Waals surface area contributed by atoms with Crippen LogP contribution in [0.4, 0.5) is 0 Å². The zero-order valence-corrected chi connectivity index (χ0v) is 30.0. The van der Waals surface area contributed by atoms with E-state index >= 15 is 4.79 Å². The van der Waals surface area contributed by atoms with E-state index in [1.54, 1.807) is 0 Å². The predicted molar refractivity (Wildman–Crippen MR) is 230 cm³/mol. The monoisotopic (exact) mass is 717 g/mol. The molecule has 0 atom stereocenters. The van der Waals surface area contributed by atoms with Gasteiger partial charge in [0.25, 0.3) is 5.56 Å². The fourth-order valence-corrected chi connectivity index (χ4v) is 8.95. The fourth-order valence-electron chi connectivity index (χ4n) is 8.95. The Labute approximate surface area is 319 Å². The Kier molecular flexibility index (Phi) is 6.39. The van der Waals surface area contributed by atoms with Gasteiger partial charge in [-0.3, -0.25) is 9.36 Å². The average Bonchev–Trinajstić information content (AvgIpc) is 3.91. The minimum absolute atomic E-state index is 0.131. The summed E-state index contributed by atoms with van der Waals surface area (Å²) >= 11 is 0. The van der Waals surface area contributed by atoms with Crippen molar-refractivity contribution in [1.82, 2.24) is 23.3 Å². The normalized spacial score (nSPS) is 12.0. The van der Waals surface area contributed by atoms with Crippen LogP contribution in [0, 0.1) is 0 Å². The number of imidazole rings is 1. The smallest absolute Gasteiger partial charge is 0.265 e. The minimum atomic E-state index is -0.131. The molecule has 0 bridgehead atoms. The minimum Gasteiger partial charge on any atom is -0.309 e. The highest BCUT2D eigenvalue weighted by Gasteiger charge is 2.24. The van der Waals surface area contributed by atoms with Crippen molar-refractivity contribution in [2.75, 3.05) is 0 Å². The van der Waals surface area contributed by atoms with Crippen LogP contribution in [-0.2, 0) is 0 Å². The molecule has 0 fully saturated rings. The summed E-state index contributed by atoms with van der Waals surface area (Å²) < 4.78 is 8.53. The zero-order chi connectivity index (χ0) is 36.9. The largest absolute Gasteiger partial charge is 0.309 e. The first-order chi connectivity index (χ1) is 27.7. The van der Waals surface area contributed by atoms with Gasteiger partial charge in [0.1, 0.15) is 0 Å². The second-order valence-electron chi connectivity index (χ2n) is 14.4. The molecule has 8 aromatic carbocycles. The van der Waals surface area contributed by atoms with Crippen LogP contribution in [0.3, 0.4) is 0 Å². The van der Waals surface area contributed by atoms with Crippen molar-refractivity contribution < 1.29 is 0 Å². The third-order valence-electron chi connectivity index (χ3n) is 11.4. The number of aromatic nitrogens is 5. The molecule has 0 amide bonds. The molecule has 6 heteroatoms. The van der Waals surface area contributed by atoms with Crippen molar-refractivity contribution in [2.45, 2.75) is 0 Å². The molecular weight excluding hydrogens is 687 g/mol. The second kappa shape index (κ2) is 11.6. The van der Waals surface area contributed by atoms with Gasteiger partial charge in [-0.15, -0.1) is 0 Å². The summed E-state index contributed by atoms with van der Waals surface area (Å²) in [5.41, 5.74) is 9.60. The molecule has 0 N–H and O–H groups in total. The van der Waals surface area contributed by atoms with E-state index < -0.39 is 0 Å². The number of pyridine rings is 1. The van der Waals surface area contributed by atoms with Gasteiger partial charge >= 0.3 is 0 Å². The molecular formula is C50H31N5O. The summed E-state index contributed by atoms with van der Waals surface area (Å²) in [6.45, 7) is 0. The molecule has 12 aromatic rings. The Morgan fingerprint density at radius 1 is 0.304 bits per heavy atom. The number of fused-ring (bicyclic) bond motifs is 10. The molecule has 262 valence electrons. The van der Waals surface area contributed by atoms with E-state index in [2.05, 4.69) is 153 Å². The maximum absolute atomic E-state index is 15.7. The number of nitrogens with zero attached hydrogens (tertiary/aromatic N) is 5. The highest BCUT2D eigenvalue weighted by Crippen LogP contribution is 2.40. The van der Waals surface area contributed by atoms with Gasteiger partial charge in [0, 0.05) is 44.0 Å². The third kappa shape index (κ3) is 4.26. The van der Waals surface area contributed by atoms with Gasteiger partial charge in [0.05, 0.1) is 44.0 Å². The molecule has 0 aliphatic heterocycles. The van der Waals surface area contributed by atoms with Gasteiger partial charge < -0.3 is 9.13 Å². The Balaban J connectivity index is 1.31. The highest BCUT2D eigenvalue weighted by molar-refractivity contribution is 6.21. The number of hydrogen-bond donors (Lipinski definition) is 0. The molecule has 0 unspecified atom stereocenters. The molecule has 0 spiro atoms. The van der Waals surface area contributed by atoms with Gasteiger partial charge in [-0.25, -0.2) is 9.55 Å². The van der Waals surface area contributed by atoms with Crippen LogP contribution in [-0.4, -0.2) is 23.3 Å². The molecule has 12 rings (SSSR count). The van der Waals surface area contributed by atoms with Crippen LogP contribution in [0.25, 0.3) is 99.3 Å². The first-order valence-electron chi connectivity index (χ1n) is 18.9. The maximum Gasteiger partial charge on any atom is 0.265 e. The van der Waals surface area contributed by atoms with Crippen LogP contribution in [0.1, 0.15) is 0 Å². The summed E-state index contributed by atoms with van der Waals surface area (Å²) in [6.07, 6.45) is 0. The van der Waals surface area contributed by atoms with Crippen LogP contribution >= 0.6 is 0 Å². The Morgan fingerprint density at radius 3 is 1.32 bits per heavy atom. The first-order valence-corrected chi connectivity index (χ1v) is 18.9. The zero-order valence-electron chi connectivity index (χ0n) is 30.0. The summed E-state index contributed by atoms with van der Waals surface area (Å²) in [5, 5.41) is 7.02. The van der Waals surface area contributed by atoms with Crippen molar-refractivity contribution in [3.05, 3.63) is 198 Å². The lowest BCUT2D eigenvalue weighted by Crippen LogP contribution is -2.22. The Bertz CT molecular complexity index is 3590. The quantitative estimate of drug-likeness (QED) is 0.170. The average molecular weight is 718 g/mol. The molecule has 56 heavy (non-hydrogen) atoms. The SMILES string of the molecule is O=c1c2cc3c(cc2c2cc4c5ccccc5n(-c5ccccc5)c4cc2n1-c1nc2ccccc2n1-c1ccccc1)c1ccccc1n3-c1ccccc1. The second-order valence-corrected chi connectivity index (χ2v) is 14.4. The Morgan fingerprint density at radius 2 is 0.732 bits per heavy atom. The Hall–Kier alpha value is -7.70. The van der Waals surface area contributed by atoms with Crippen molar-refractivity contribution in [3.8, 4) is 23.0 Å². The lowest BCUT2D eigenvalue weighted by molar-refractivity contribution is 0.905. The van der Waals surface area contributed by atoms with Gasteiger partial charge in [-0.05, 0) is 90.3 Å². The number of hydrogen-bond acceptors (Lipinski definition) is 2. The van der Waals surface area contributed by atoms with Crippen LogP contribution in [0.2, 0.25) is 0 Å². The lowest BCUT2D eigenvalue weighted by atomic mass is 10.0. The topological polar surface area (TPSA) is 49.7 Å². The van der Waals surface area contributed by atoms with Crippen molar-refractivity contribution in [1.29, 1.82) is 0 Å². The van der Waals surface area contributed by atoms with Crippen molar-refractivity contribution >= 4 is 76.3 Å². The third-order valence-corrected chi connectivity index (χ3v) is 11.4. The molecule has 0 aliphatic rings. The number of para-hydroxylation sites is 7. The van der Waals surface area contributed by atoms with E-state index in [0.717, 1.165) is 88.0 Å². The highest BCUT2D eigenvalue weighted by atomic mass is 16.1. The standard InChI is InChI=1S/C50H31N5O/c56-49-41-30-46-38(35-22-10-13-25-43(35)52(46)32-16-4-1-5-17-32)28-37(41)40-29-39-36-23-11-14-26-44(36)53(33-18-6-2-7-19-33)47(39)31-48(40)55(49)50-51-42-24-12-15-27-45(42)54(50)34-20-8-3-9-21-34/h1-31H. The van der Waals surface area contributed by atoms with Crippen molar-refractivity contribution in [3.63, 3.8) is 0 Å². The molecule has 6 nitrogen and oxygen atoms in total. The van der Waals surface area contributed by atoms with E-state index in [-0.39, 0.29) is 5.56 Å². The van der Waals surface area contributed by atoms with E-state index in [0.29, 0.717) is 11.3 Å². The van der Waals surface area contributed by atoms with E-state index in [1.165, 1.54) is 0 Å². The number of rotatable bonds is 4. The van der Waals surface area contributed by atoms with Crippen LogP contribution < -0.4 is 5.56 Å². The summed E-state index contributed by atoms with van der Waals surface area (Å²) in [7, 11) is 0. The summed E-state index contributed by atoms with van der Waals surface area (Å²) in [5.74, 6) is 0.541. The predicted octanol–water partition coefficient (Wildman–Crippen LogP) is 11.7. The van der Waals surface area contributed by atoms with Gasteiger partial charge in [-0.1, -0.05) is 103 Å². The summed E-state index contributed by atoms with van der Waals surface area (Å²) in [4.78, 5) is 20.9. The molecule has 4 heterocycles. The maximum atomic E-state index is 15.7. The van der Waals surface area contributed by atoms with E-state index in [1.807, 2.05) is 53.1 Å². The van der Waals surface area contributed by atoms with Gasteiger partial charge in [0.2, 0.25) is 5.95 Å². The van der Waals surface area contributed by atoms with Crippen LogP contribution in [0.5, 0.6) is 0 Å². The molecule has 0 radical (unpaired) electrons. The lowest BCUT2D eigenvalue weighted by Gasteiger charge is -2.17. The molecule has 0 saturated heterocycles. The molecule has 0 aliphatic carbocycles. The summed E-state index contributed by atoms with van der Waals surface area (Å²) in [6, 6.07) is 65.1. The van der Waals surface area contributed by atoms with Crippen LogP contribution in [0.15, 0.2) is 193 Å². The number of benzene rings is 8. The molecule has 4 aromatic heterocycles. The van der Waals surface area contributed by atoms with E-state index in [9.17, 15) is 0 Å². The van der Waals surface area contributed by atoms with Gasteiger partial charge in [-0.2, -0.15) is 0 Å². The molecule has 0 saturated carbocycles.